The van der Waals surface area contributed by atoms with E-state index in [-0.39, 0.29) is 11.7 Å². The first-order valence-corrected chi connectivity index (χ1v) is 10.4. The van der Waals surface area contributed by atoms with Crippen LogP contribution in [0.4, 0.5) is 0 Å². The largest absolute Gasteiger partial charge is 0.462 e. The van der Waals surface area contributed by atoms with E-state index in [4.69, 9.17) is 4.42 Å². The zero-order valence-corrected chi connectivity index (χ0v) is 14.8. The molecule has 3 rings (SSSR count). The predicted molar refractivity (Wildman–Crippen MR) is 89.9 cm³/mol. The highest BCUT2D eigenvalue weighted by Gasteiger charge is 2.30. The van der Waals surface area contributed by atoms with Crippen molar-refractivity contribution in [2.24, 2.45) is 0 Å². The number of hydrogen-bond donors (Lipinski definition) is 0. The molecule has 2 aromatic rings. The summed E-state index contributed by atoms with van der Waals surface area (Å²) >= 11 is 1.54. The number of sulfonamides is 1. The van der Waals surface area contributed by atoms with E-state index in [1.807, 2.05) is 19.1 Å². The van der Waals surface area contributed by atoms with Crippen LogP contribution in [0.15, 0.2) is 22.8 Å². The summed E-state index contributed by atoms with van der Waals surface area (Å²) in [6.07, 6.45) is 4.85. The van der Waals surface area contributed by atoms with Gasteiger partial charge < -0.3 is 4.42 Å². The second kappa shape index (κ2) is 7.11. The molecule has 23 heavy (non-hydrogen) atoms. The quantitative estimate of drug-likeness (QED) is 0.796. The zero-order valence-electron chi connectivity index (χ0n) is 13.1. The molecule has 0 aliphatic carbocycles. The minimum Gasteiger partial charge on any atom is -0.462 e. The van der Waals surface area contributed by atoms with Crippen LogP contribution in [-0.4, -0.2) is 41.8 Å². The first-order valence-electron chi connectivity index (χ1n) is 7.95. The molecule has 6 nitrogen and oxygen atoms in total. The summed E-state index contributed by atoms with van der Waals surface area (Å²) in [5.41, 5.74) is 0. The van der Waals surface area contributed by atoms with Gasteiger partial charge in [0.05, 0.1) is 12.0 Å². The van der Waals surface area contributed by atoms with Gasteiger partial charge in [-0.3, -0.25) is 0 Å². The van der Waals surface area contributed by atoms with Crippen LogP contribution in [0, 0.1) is 0 Å². The Morgan fingerprint density at radius 2 is 2.13 bits per heavy atom. The van der Waals surface area contributed by atoms with E-state index in [9.17, 15) is 8.42 Å². The summed E-state index contributed by atoms with van der Waals surface area (Å²) in [5.74, 6) is 1.28. The van der Waals surface area contributed by atoms with Crippen molar-refractivity contribution in [1.82, 2.24) is 14.5 Å². The fourth-order valence-corrected chi connectivity index (χ4v) is 5.40. The predicted octanol–water partition coefficient (Wildman–Crippen LogP) is 3.11. The van der Waals surface area contributed by atoms with Crippen molar-refractivity contribution >= 4 is 21.4 Å². The van der Waals surface area contributed by atoms with Crippen LogP contribution in [0.2, 0.25) is 0 Å². The van der Waals surface area contributed by atoms with Crippen molar-refractivity contribution < 1.29 is 12.8 Å². The lowest BCUT2D eigenvalue weighted by Crippen LogP contribution is -2.39. The molecule has 0 amide bonds. The minimum absolute atomic E-state index is 0.260. The summed E-state index contributed by atoms with van der Waals surface area (Å²) < 4.78 is 31.4. The van der Waals surface area contributed by atoms with Gasteiger partial charge in [-0.15, -0.1) is 10.2 Å². The third-order valence-corrected chi connectivity index (χ3v) is 7.18. The molecule has 0 unspecified atom stereocenters. The van der Waals surface area contributed by atoms with E-state index in [2.05, 4.69) is 10.2 Å². The van der Waals surface area contributed by atoms with Gasteiger partial charge in [-0.05, 0) is 31.4 Å². The number of hydrogen-bond acceptors (Lipinski definition) is 6. The summed E-state index contributed by atoms with van der Waals surface area (Å²) in [5, 5.41) is 10.2. The Morgan fingerprint density at radius 3 is 2.78 bits per heavy atom. The van der Waals surface area contributed by atoms with Gasteiger partial charge in [0.2, 0.25) is 10.0 Å². The lowest BCUT2D eigenvalue weighted by molar-refractivity contribution is 0.318. The average molecular weight is 355 g/mol. The summed E-state index contributed by atoms with van der Waals surface area (Å²) in [6.45, 7) is 3.16. The van der Waals surface area contributed by atoms with Gasteiger partial charge in [-0.25, -0.2) is 12.7 Å². The van der Waals surface area contributed by atoms with Gasteiger partial charge in [0.25, 0.3) is 0 Å². The molecule has 0 bridgehead atoms. The van der Waals surface area contributed by atoms with Crippen molar-refractivity contribution in [3.63, 3.8) is 0 Å². The maximum Gasteiger partial charge on any atom is 0.214 e. The molecular weight excluding hydrogens is 334 g/mol. The Balaban J connectivity index is 1.61. The highest BCUT2D eigenvalue weighted by molar-refractivity contribution is 7.89. The van der Waals surface area contributed by atoms with Crippen LogP contribution in [0.1, 0.15) is 43.5 Å². The maximum absolute atomic E-state index is 12.2. The summed E-state index contributed by atoms with van der Waals surface area (Å²) in [6, 6.07) is 3.70. The van der Waals surface area contributed by atoms with Gasteiger partial charge in [0.15, 0.2) is 10.8 Å². The van der Waals surface area contributed by atoms with E-state index < -0.39 is 10.0 Å². The standard InChI is InChI=1S/C15H21N3O3S2/c1-2-3-11-23(19,20)18-8-6-12(7-9-18)14-16-17-15(22-14)13-5-4-10-21-13/h4-5,10,12H,2-3,6-9,11H2,1H3. The van der Waals surface area contributed by atoms with Crippen molar-refractivity contribution in [3.05, 3.63) is 23.4 Å². The second-order valence-corrected chi connectivity index (χ2v) is 8.86. The third-order valence-electron chi connectivity index (χ3n) is 4.12. The van der Waals surface area contributed by atoms with Gasteiger partial charge in [-0.2, -0.15) is 0 Å². The Labute approximate surface area is 140 Å². The first kappa shape index (κ1) is 16.6. The smallest absolute Gasteiger partial charge is 0.214 e. The lowest BCUT2D eigenvalue weighted by atomic mass is 9.99. The SMILES string of the molecule is CCCCS(=O)(=O)N1CCC(c2nnc(-c3ccco3)s2)CC1. The minimum atomic E-state index is -3.10. The van der Waals surface area contributed by atoms with Crippen LogP contribution >= 0.6 is 11.3 Å². The topological polar surface area (TPSA) is 76.3 Å². The molecule has 2 aromatic heterocycles. The number of unbranched alkanes of at least 4 members (excludes halogenated alkanes) is 1. The van der Waals surface area contributed by atoms with E-state index in [1.54, 1.807) is 10.6 Å². The summed E-state index contributed by atoms with van der Waals surface area (Å²) in [7, 11) is -3.10. The highest BCUT2D eigenvalue weighted by atomic mass is 32.2. The van der Waals surface area contributed by atoms with Crippen LogP contribution < -0.4 is 0 Å². The van der Waals surface area contributed by atoms with E-state index in [0.717, 1.165) is 41.5 Å². The third kappa shape index (κ3) is 3.81. The van der Waals surface area contributed by atoms with Gasteiger partial charge >= 0.3 is 0 Å². The Kier molecular flexibility index (Phi) is 5.13. The van der Waals surface area contributed by atoms with E-state index in [0.29, 0.717) is 13.1 Å². The maximum atomic E-state index is 12.2. The number of nitrogens with zero attached hydrogens (tertiary/aromatic N) is 3. The van der Waals surface area contributed by atoms with Crippen molar-refractivity contribution in [1.29, 1.82) is 0 Å². The molecule has 0 saturated carbocycles. The zero-order chi connectivity index (χ0) is 16.3. The molecule has 3 heterocycles. The van der Waals surface area contributed by atoms with Crippen LogP contribution in [-0.2, 0) is 10.0 Å². The number of piperidine rings is 1. The molecule has 0 N–H and O–H groups in total. The van der Waals surface area contributed by atoms with E-state index >= 15 is 0 Å². The van der Waals surface area contributed by atoms with Crippen LogP contribution in [0.5, 0.6) is 0 Å². The number of furan rings is 1. The highest BCUT2D eigenvalue weighted by Crippen LogP contribution is 2.34. The van der Waals surface area contributed by atoms with Gasteiger partial charge in [-0.1, -0.05) is 24.7 Å². The fourth-order valence-electron chi connectivity index (χ4n) is 2.74. The molecule has 1 fully saturated rings. The monoisotopic (exact) mass is 355 g/mol. The Morgan fingerprint density at radius 1 is 1.35 bits per heavy atom. The molecule has 0 spiro atoms. The molecule has 0 aromatic carbocycles. The van der Waals surface area contributed by atoms with Gasteiger partial charge in [0.1, 0.15) is 5.01 Å². The van der Waals surface area contributed by atoms with Crippen LogP contribution in [0.25, 0.3) is 10.8 Å². The molecule has 126 valence electrons. The molecular formula is C15H21N3O3S2. The van der Waals surface area contributed by atoms with Crippen LogP contribution in [0.3, 0.4) is 0 Å². The van der Waals surface area contributed by atoms with E-state index in [1.165, 1.54) is 11.3 Å². The lowest BCUT2D eigenvalue weighted by Gasteiger charge is -2.30. The molecule has 0 radical (unpaired) electrons. The number of rotatable bonds is 6. The van der Waals surface area contributed by atoms with Crippen molar-refractivity contribution in [3.8, 4) is 10.8 Å². The first-order chi connectivity index (χ1) is 11.1. The molecule has 8 heteroatoms. The summed E-state index contributed by atoms with van der Waals surface area (Å²) in [4.78, 5) is 0. The molecule has 0 atom stereocenters. The Hall–Kier alpha value is -1.25. The fraction of sp³-hybridized carbons (Fsp3) is 0.600. The Bertz CT molecular complexity index is 717. The van der Waals surface area contributed by atoms with Crippen molar-refractivity contribution in [2.45, 2.75) is 38.5 Å². The van der Waals surface area contributed by atoms with Crippen molar-refractivity contribution in [2.75, 3.05) is 18.8 Å². The average Bonchev–Trinajstić information content (AvgIpc) is 3.24. The molecule has 1 aliphatic rings. The molecule has 1 saturated heterocycles. The molecule has 1 aliphatic heterocycles. The second-order valence-electron chi connectivity index (χ2n) is 5.77. The van der Waals surface area contributed by atoms with Gasteiger partial charge in [0, 0.05) is 19.0 Å². The number of aromatic nitrogens is 2. The normalized spacial score (nSPS) is 17.6.